The summed E-state index contributed by atoms with van der Waals surface area (Å²) in [5.74, 6) is 0.238. The van der Waals surface area contributed by atoms with Crippen LogP contribution in [0.15, 0.2) is 30.8 Å². The topological polar surface area (TPSA) is 35.5 Å². The van der Waals surface area contributed by atoms with E-state index in [-0.39, 0.29) is 5.97 Å². The van der Waals surface area contributed by atoms with Crippen molar-refractivity contribution in [3.63, 3.8) is 0 Å². The molecule has 86 valence electrons. The fourth-order valence-corrected chi connectivity index (χ4v) is 1.29. The number of benzene rings is 1. The number of rotatable bonds is 5. The van der Waals surface area contributed by atoms with Crippen molar-refractivity contribution in [1.29, 1.82) is 0 Å². The second kappa shape index (κ2) is 5.95. The summed E-state index contributed by atoms with van der Waals surface area (Å²) >= 11 is 0. The first-order valence-corrected chi connectivity index (χ1v) is 5.28. The zero-order valence-electron chi connectivity index (χ0n) is 9.66. The zero-order valence-corrected chi connectivity index (χ0v) is 9.66. The molecule has 0 aliphatic carbocycles. The number of carbonyl (C=O) groups is 1. The van der Waals surface area contributed by atoms with Crippen LogP contribution in [0.4, 0.5) is 0 Å². The van der Waals surface area contributed by atoms with E-state index in [1.807, 2.05) is 13.0 Å². The van der Waals surface area contributed by atoms with Gasteiger partial charge in [-0.15, -0.1) is 0 Å². The van der Waals surface area contributed by atoms with Crippen LogP contribution in [-0.2, 0) is 9.47 Å². The second-order valence-electron chi connectivity index (χ2n) is 3.16. The van der Waals surface area contributed by atoms with Crippen LogP contribution in [-0.4, -0.2) is 19.2 Å². The van der Waals surface area contributed by atoms with Crippen LogP contribution in [0.5, 0.6) is 0 Å². The van der Waals surface area contributed by atoms with Gasteiger partial charge in [-0.05, 0) is 26.0 Å². The molecule has 0 radical (unpaired) electrons. The first-order valence-electron chi connectivity index (χ1n) is 5.28. The van der Waals surface area contributed by atoms with E-state index in [0.717, 1.165) is 5.56 Å². The Hall–Kier alpha value is -1.77. The molecule has 16 heavy (non-hydrogen) atoms. The molecule has 0 atom stereocenters. The number of hydrogen-bond donors (Lipinski definition) is 0. The molecule has 0 saturated heterocycles. The predicted octanol–water partition coefficient (Wildman–Crippen LogP) is 2.87. The summed E-state index contributed by atoms with van der Waals surface area (Å²) < 4.78 is 10.2. The maximum absolute atomic E-state index is 11.5. The van der Waals surface area contributed by atoms with E-state index in [0.29, 0.717) is 24.5 Å². The fraction of sp³-hybridized carbons (Fsp3) is 0.308. The summed E-state index contributed by atoms with van der Waals surface area (Å²) in [5, 5.41) is 0. The van der Waals surface area contributed by atoms with Gasteiger partial charge in [0.25, 0.3) is 0 Å². The van der Waals surface area contributed by atoms with E-state index in [4.69, 9.17) is 9.47 Å². The van der Waals surface area contributed by atoms with Gasteiger partial charge in [-0.25, -0.2) is 4.79 Å². The second-order valence-corrected chi connectivity index (χ2v) is 3.16. The lowest BCUT2D eigenvalue weighted by atomic mass is 10.1. The molecule has 0 bridgehead atoms. The third-order valence-electron chi connectivity index (χ3n) is 2.01. The summed E-state index contributed by atoms with van der Waals surface area (Å²) in [7, 11) is 0. The van der Waals surface area contributed by atoms with Crippen molar-refractivity contribution in [2.45, 2.75) is 13.8 Å². The molecule has 0 unspecified atom stereocenters. The Kier molecular flexibility index (Phi) is 4.58. The van der Waals surface area contributed by atoms with Gasteiger partial charge in [0.1, 0.15) is 5.76 Å². The highest BCUT2D eigenvalue weighted by Crippen LogP contribution is 2.15. The van der Waals surface area contributed by atoms with Gasteiger partial charge < -0.3 is 9.47 Å². The molecule has 0 N–H and O–H groups in total. The molecule has 0 aliphatic rings. The monoisotopic (exact) mass is 220 g/mol. The van der Waals surface area contributed by atoms with Gasteiger partial charge in [0.2, 0.25) is 0 Å². The molecular weight excluding hydrogens is 204 g/mol. The maximum Gasteiger partial charge on any atom is 0.338 e. The molecule has 0 saturated carbocycles. The van der Waals surface area contributed by atoms with Gasteiger partial charge in [-0.1, -0.05) is 18.7 Å². The van der Waals surface area contributed by atoms with Crippen LogP contribution < -0.4 is 0 Å². The quantitative estimate of drug-likeness (QED) is 0.565. The summed E-state index contributed by atoms with van der Waals surface area (Å²) in [5.41, 5.74) is 1.31. The van der Waals surface area contributed by atoms with Crippen LogP contribution >= 0.6 is 0 Å². The molecule has 0 aromatic heterocycles. The van der Waals surface area contributed by atoms with Crippen molar-refractivity contribution in [3.8, 4) is 0 Å². The molecule has 3 heteroatoms. The Morgan fingerprint density at radius 3 is 2.44 bits per heavy atom. The van der Waals surface area contributed by atoms with Crippen molar-refractivity contribution in [2.24, 2.45) is 0 Å². The van der Waals surface area contributed by atoms with E-state index >= 15 is 0 Å². The minimum atomic E-state index is -0.325. The zero-order chi connectivity index (χ0) is 12.0. The average Bonchev–Trinajstić information content (AvgIpc) is 2.30. The normalized spacial score (nSPS) is 9.62. The van der Waals surface area contributed by atoms with Crippen molar-refractivity contribution in [1.82, 2.24) is 0 Å². The summed E-state index contributed by atoms with van der Waals surface area (Å²) in [6.45, 7) is 8.38. The van der Waals surface area contributed by atoms with Crippen molar-refractivity contribution in [3.05, 3.63) is 42.0 Å². The van der Waals surface area contributed by atoms with E-state index < -0.39 is 0 Å². The van der Waals surface area contributed by atoms with Crippen molar-refractivity contribution in [2.75, 3.05) is 13.2 Å². The number of hydrogen-bond acceptors (Lipinski definition) is 3. The summed E-state index contributed by atoms with van der Waals surface area (Å²) in [6, 6.07) is 7.06. The fourth-order valence-electron chi connectivity index (χ4n) is 1.29. The number of carbonyl (C=O) groups excluding carboxylic acids is 1. The minimum Gasteiger partial charge on any atom is -0.494 e. The Balaban J connectivity index is 2.86. The molecule has 1 rings (SSSR count). The molecule has 0 spiro atoms. The first-order chi connectivity index (χ1) is 7.69. The summed E-state index contributed by atoms with van der Waals surface area (Å²) in [4.78, 5) is 11.5. The van der Waals surface area contributed by atoms with Gasteiger partial charge in [-0.3, -0.25) is 0 Å². The minimum absolute atomic E-state index is 0.325. The maximum atomic E-state index is 11.5. The van der Waals surface area contributed by atoms with E-state index in [1.165, 1.54) is 0 Å². The van der Waals surface area contributed by atoms with Crippen molar-refractivity contribution >= 4 is 11.7 Å². The average molecular weight is 220 g/mol. The molecule has 0 aliphatic heterocycles. The van der Waals surface area contributed by atoms with E-state index in [2.05, 4.69) is 6.58 Å². The van der Waals surface area contributed by atoms with Gasteiger partial charge >= 0.3 is 5.97 Å². The van der Waals surface area contributed by atoms with Gasteiger partial charge in [0.15, 0.2) is 0 Å². The first kappa shape index (κ1) is 12.3. The third-order valence-corrected chi connectivity index (χ3v) is 2.01. The molecule has 3 nitrogen and oxygen atoms in total. The van der Waals surface area contributed by atoms with E-state index in [9.17, 15) is 4.79 Å². The number of esters is 1. The highest BCUT2D eigenvalue weighted by atomic mass is 16.5. The Labute approximate surface area is 95.7 Å². The van der Waals surface area contributed by atoms with Gasteiger partial charge in [0.05, 0.1) is 18.8 Å². The molecule has 1 aromatic carbocycles. The lowest BCUT2D eigenvalue weighted by Crippen LogP contribution is -2.05. The predicted molar refractivity (Wildman–Crippen MR) is 63.1 cm³/mol. The molecule has 1 aromatic rings. The Morgan fingerprint density at radius 2 is 1.81 bits per heavy atom. The Morgan fingerprint density at radius 1 is 1.19 bits per heavy atom. The molecular formula is C13H16O3. The molecule has 0 heterocycles. The van der Waals surface area contributed by atoms with Crippen LogP contribution in [0.2, 0.25) is 0 Å². The van der Waals surface area contributed by atoms with Crippen LogP contribution in [0, 0.1) is 0 Å². The highest BCUT2D eigenvalue weighted by molar-refractivity contribution is 5.90. The van der Waals surface area contributed by atoms with Crippen LogP contribution in [0.25, 0.3) is 5.76 Å². The highest BCUT2D eigenvalue weighted by Gasteiger charge is 2.08. The largest absolute Gasteiger partial charge is 0.494 e. The van der Waals surface area contributed by atoms with Gasteiger partial charge in [0, 0.05) is 5.56 Å². The SMILES string of the molecule is C=C(OCC)c1cccc(C(=O)OCC)c1. The lowest BCUT2D eigenvalue weighted by molar-refractivity contribution is 0.0526. The van der Waals surface area contributed by atoms with Crippen molar-refractivity contribution < 1.29 is 14.3 Å². The Bertz CT molecular complexity index is 349. The van der Waals surface area contributed by atoms with Gasteiger partial charge in [-0.2, -0.15) is 0 Å². The van der Waals surface area contributed by atoms with Crippen LogP contribution in [0.1, 0.15) is 29.8 Å². The standard InChI is InChI=1S/C13H16O3/c1-4-15-10(3)11-7-6-8-12(9-11)13(14)16-5-2/h6-9H,3-5H2,1-2H3. The lowest BCUT2D eigenvalue weighted by Gasteiger charge is -2.08. The smallest absolute Gasteiger partial charge is 0.338 e. The third kappa shape index (κ3) is 3.12. The van der Waals surface area contributed by atoms with E-state index in [1.54, 1.807) is 25.1 Å². The number of ether oxygens (including phenoxy) is 2. The molecule has 0 fully saturated rings. The molecule has 0 amide bonds. The summed E-state index contributed by atoms with van der Waals surface area (Å²) in [6.07, 6.45) is 0. The van der Waals surface area contributed by atoms with Crippen LogP contribution in [0.3, 0.4) is 0 Å².